The highest BCUT2D eigenvalue weighted by molar-refractivity contribution is 5.83. The fourth-order valence-corrected chi connectivity index (χ4v) is 1.37. The predicted octanol–water partition coefficient (Wildman–Crippen LogP) is 1.63. The van der Waals surface area contributed by atoms with Crippen molar-refractivity contribution in [1.29, 1.82) is 0 Å². The van der Waals surface area contributed by atoms with Gasteiger partial charge < -0.3 is 15.4 Å². The molecule has 4 heteroatoms. The molecule has 0 aliphatic rings. The Bertz CT molecular complexity index is 353. The number of nitrogens with one attached hydrogen (secondary N) is 2. The van der Waals surface area contributed by atoms with Crippen LogP contribution in [0.2, 0.25) is 0 Å². The number of carbonyl (C=O) groups excluding carboxylic acids is 1. The maximum absolute atomic E-state index is 11.3. The number of hydrogen-bond donors (Lipinski definition) is 2. The average molecular weight is 222 g/mol. The molecule has 1 amide bonds. The van der Waals surface area contributed by atoms with Gasteiger partial charge in [0.25, 0.3) is 0 Å². The van der Waals surface area contributed by atoms with Crippen molar-refractivity contribution < 1.29 is 9.53 Å². The Morgan fingerprint density at radius 3 is 2.88 bits per heavy atom. The number of anilines is 1. The van der Waals surface area contributed by atoms with E-state index in [0.29, 0.717) is 6.61 Å². The second kappa shape index (κ2) is 6.00. The lowest BCUT2D eigenvalue weighted by Gasteiger charge is -2.14. The Hall–Kier alpha value is -1.71. The summed E-state index contributed by atoms with van der Waals surface area (Å²) in [5, 5.41) is 5.69. The largest absolute Gasteiger partial charge is 0.494 e. The summed E-state index contributed by atoms with van der Waals surface area (Å²) >= 11 is 0. The van der Waals surface area contributed by atoms with Crippen LogP contribution in [0.15, 0.2) is 24.3 Å². The number of likely N-dealkylation sites (N-methyl/N-ethyl adjacent to an activating group) is 1. The summed E-state index contributed by atoms with van der Waals surface area (Å²) in [7, 11) is 1.62. The summed E-state index contributed by atoms with van der Waals surface area (Å²) in [6, 6.07) is 7.30. The van der Waals surface area contributed by atoms with Gasteiger partial charge in [0.1, 0.15) is 11.8 Å². The first kappa shape index (κ1) is 12.4. The van der Waals surface area contributed by atoms with E-state index in [1.165, 1.54) is 0 Å². The molecule has 0 spiro atoms. The van der Waals surface area contributed by atoms with Crippen molar-refractivity contribution in [2.75, 3.05) is 19.0 Å². The molecule has 0 aliphatic heterocycles. The van der Waals surface area contributed by atoms with Crippen LogP contribution in [-0.4, -0.2) is 25.6 Å². The van der Waals surface area contributed by atoms with Crippen LogP contribution in [0.5, 0.6) is 5.75 Å². The molecular formula is C12H18N2O2. The highest BCUT2D eigenvalue weighted by Crippen LogP contribution is 2.17. The maximum atomic E-state index is 11.3. The first-order chi connectivity index (χ1) is 7.67. The molecule has 16 heavy (non-hydrogen) atoms. The Morgan fingerprint density at radius 2 is 2.25 bits per heavy atom. The van der Waals surface area contributed by atoms with E-state index in [1.807, 2.05) is 38.1 Å². The fourth-order valence-electron chi connectivity index (χ4n) is 1.37. The number of amides is 1. The normalized spacial score (nSPS) is 11.7. The van der Waals surface area contributed by atoms with E-state index in [4.69, 9.17) is 4.74 Å². The quantitative estimate of drug-likeness (QED) is 0.796. The van der Waals surface area contributed by atoms with Gasteiger partial charge in [-0.3, -0.25) is 4.79 Å². The standard InChI is InChI=1S/C12H18N2O2/c1-4-16-11-7-5-6-10(8-11)14-9(2)12(15)13-3/h5-9,14H,4H2,1-3H3,(H,13,15). The van der Waals surface area contributed by atoms with Crippen LogP contribution >= 0.6 is 0 Å². The van der Waals surface area contributed by atoms with Crippen molar-refractivity contribution in [1.82, 2.24) is 5.32 Å². The van der Waals surface area contributed by atoms with Gasteiger partial charge in [-0.1, -0.05) is 6.07 Å². The Kier molecular flexibility index (Phi) is 4.64. The Morgan fingerprint density at radius 1 is 1.50 bits per heavy atom. The highest BCUT2D eigenvalue weighted by atomic mass is 16.5. The van der Waals surface area contributed by atoms with Crippen LogP contribution in [0, 0.1) is 0 Å². The molecule has 1 aromatic rings. The van der Waals surface area contributed by atoms with E-state index in [-0.39, 0.29) is 11.9 Å². The van der Waals surface area contributed by atoms with Crippen LogP contribution in [0.25, 0.3) is 0 Å². The molecule has 0 saturated heterocycles. The van der Waals surface area contributed by atoms with Crippen molar-refractivity contribution >= 4 is 11.6 Å². The minimum absolute atomic E-state index is 0.0400. The van der Waals surface area contributed by atoms with E-state index in [9.17, 15) is 4.79 Å². The van der Waals surface area contributed by atoms with E-state index in [1.54, 1.807) is 7.05 Å². The number of hydrogen-bond acceptors (Lipinski definition) is 3. The van der Waals surface area contributed by atoms with Crippen molar-refractivity contribution in [3.05, 3.63) is 24.3 Å². The zero-order valence-corrected chi connectivity index (χ0v) is 9.91. The van der Waals surface area contributed by atoms with Crippen LogP contribution in [0.4, 0.5) is 5.69 Å². The summed E-state index contributed by atoms with van der Waals surface area (Å²) in [4.78, 5) is 11.3. The van der Waals surface area contributed by atoms with Gasteiger partial charge in [0.2, 0.25) is 5.91 Å². The lowest BCUT2D eigenvalue weighted by Crippen LogP contribution is -2.35. The lowest BCUT2D eigenvalue weighted by molar-refractivity contribution is -0.121. The van der Waals surface area contributed by atoms with Crippen LogP contribution in [-0.2, 0) is 4.79 Å². The molecular weight excluding hydrogens is 204 g/mol. The third kappa shape index (κ3) is 3.46. The third-order valence-corrected chi connectivity index (χ3v) is 2.17. The molecule has 0 aromatic heterocycles. The molecule has 0 aliphatic carbocycles. The molecule has 1 unspecified atom stereocenters. The predicted molar refractivity (Wildman–Crippen MR) is 64.8 cm³/mol. The second-order valence-electron chi connectivity index (χ2n) is 3.44. The Balaban J connectivity index is 2.66. The summed E-state index contributed by atoms with van der Waals surface area (Å²) in [5.41, 5.74) is 0.877. The van der Waals surface area contributed by atoms with E-state index < -0.39 is 0 Å². The van der Waals surface area contributed by atoms with Crippen molar-refractivity contribution in [3.63, 3.8) is 0 Å². The zero-order chi connectivity index (χ0) is 12.0. The highest BCUT2D eigenvalue weighted by Gasteiger charge is 2.10. The summed E-state index contributed by atoms with van der Waals surface area (Å²) < 4.78 is 5.37. The number of ether oxygens (including phenoxy) is 1. The minimum atomic E-state index is -0.262. The SMILES string of the molecule is CCOc1cccc(NC(C)C(=O)NC)c1. The smallest absolute Gasteiger partial charge is 0.241 e. The maximum Gasteiger partial charge on any atom is 0.241 e. The van der Waals surface area contributed by atoms with Gasteiger partial charge in [0, 0.05) is 18.8 Å². The number of rotatable bonds is 5. The average Bonchev–Trinajstić information content (AvgIpc) is 2.29. The van der Waals surface area contributed by atoms with Crippen LogP contribution in [0.1, 0.15) is 13.8 Å². The molecule has 88 valence electrons. The van der Waals surface area contributed by atoms with Crippen LogP contribution in [0.3, 0.4) is 0 Å². The molecule has 1 atom stereocenters. The molecule has 0 fully saturated rings. The zero-order valence-electron chi connectivity index (χ0n) is 9.91. The molecule has 0 saturated carbocycles. The molecule has 4 nitrogen and oxygen atoms in total. The van der Waals surface area contributed by atoms with E-state index in [0.717, 1.165) is 11.4 Å². The first-order valence-corrected chi connectivity index (χ1v) is 5.38. The number of benzene rings is 1. The van der Waals surface area contributed by atoms with Gasteiger partial charge in [-0.15, -0.1) is 0 Å². The minimum Gasteiger partial charge on any atom is -0.494 e. The molecule has 2 N–H and O–H groups in total. The number of carbonyl (C=O) groups is 1. The summed E-state index contributed by atoms with van der Waals surface area (Å²) in [5.74, 6) is 0.762. The van der Waals surface area contributed by atoms with E-state index >= 15 is 0 Å². The van der Waals surface area contributed by atoms with Gasteiger partial charge in [0.05, 0.1) is 6.61 Å². The van der Waals surface area contributed by atoms with Crippen LogP contribution < -0.4 is 15.4 Å². The second-order valence-corrected chi connectivity index (χ2v) is 3.44. The first-order valence-electron chi connectivity index (χ1n) is 5.38. The molecule has 0 bridgehead atoms. The molecule has 1 aromatic carbocycles. The van der Waals surface area contributed by atoms with Gasteiger partial charge >= 0.3 is 0 Å². The summed E-state index contributed by atoms with van der Waals surface area (Å²) in [6.07, 6.45) is 0. The molecule has 0 radical (unpaired) electrons. The van der Waals surface area contributed by atoms with Crippen molar-refractivity contribution in [3.8, 4) is 5.75 Å². The topological polar surface area (TPSA) is 50.4 Å². The monoisotopic (exact) mass is 222 g/mol. The third-order valence-electron chi connectivity index (χ3n) is 2.17. The summed E-state index contributed by atoms with van der Waals surface area (Å²) in [6.45, 7) is 4.38. The fraction of sp³-hybridized carbons (Fsp3) is 0.417. The molecule has 0 heterocycles. The lowest BCUT2D eigenvalue weighted by atomic mass is 10.2. The van der Waals surface area contributed by atoms with Gasteiger partial charge in [-0.05, 0) is 26.0 Å². The van der Waals surface area contributed by atoms with Gasteiger partial charge in [-0.25, -0.2) is 0 Å². The Labute approximate surface area is 96.0 Å². The van der Waals surface area contributed by atoms with Crippen molar-refractivity contribution in [2.45, 2.75) is 19.9 Å². The van der Waals surface area contributed by atoms with Crippen molar-refractivity contribution in [2.24, 2.45) is 0 Å². The van der Waals surface area contributed by atoms with Gasteiger partial charge in [0.15, 0.2) is 0 Å². The molecule has 1 rings (SSSR count). The van der Waals surface area contributed by atoms with E-state index in [2.05, 4.69) is 10.6 Å². The van der Waals surface area contributed by atoms with Gasteiger partial charge in [-0.2, -0.15) is 0 Å².